The highest BCUT2D eigenvalue weighted by Crippen LogP contribution is 1.96. The van der Waals surface area contributed by atoms with Crippen molar-refractivity contribution in [3.8, 4) is 0 Å². The fourth-order valence-corrected chi connectivity index (χ4v) is 0.802. The molecule has 1 aliphatic rings. The molecule has 0 spiro atoms. The van der Waals surface area contributed by atoms with Gasteiger partial charge in [-0.15, -0.1) is 0 Å². The Morgan fingerprint density at radius 3 is 1.78 bits per heavy atom. The van der Waals surface area contributed by atoms with Crippen molar-refractivity contribution in [1.82, 2.24) is 5.32 Å². The Kier molecular flexibility index (Phi) is 7.32. The minimum absolute atomic E-state index is 1.25. The number of rotatable bonds is 0. The van der Waals surface area contributed by atoms with E-state index in [1.165, 1.54) is 38.6 Å². The van der Waals surface area contributed by atoms with Crippen molar-refractivity contribution in [2.45, 2.75) is 26.2 Å². The Morgan fingerprint density at radius 2 is 1.67 bits per heavy atom. The average Bonchev–Trinajstić information content (AvgIpc) is 1.93. The summed E-state index contributed by atoms with van der Waals surface area (Å²) < 4.78 is 0. The molecule has 2 heteroatoms. The van der Waals surface area contributed by atoms with Gasteiger partial charge in [0.15, 0.2) is 0 Å². The first-order valence-electron chi connectivity index (χ1n) is 3.57. The van der Waals surface area contributed by atoms with Crippen LogP contribution in [-0.2, 0) is 0 Å². The maximum absolute atomic E-state index is 6.08. The lowest BCUT2D eigenvalue weighted by Gasteiger charge is -2.08. The number of hydrogen-bond acceptors (Lipinski definition) is 2. The molecular formula is C7H16N2. The molecule has 0 radical (unpaired) electrons. The van der Waals surface area contributed by atoms with Crippen LogP contribution in [0, 0.1) is 5.41 Å². The highest BCUT2D eigenvalue weighted by molar-refractivity contribution is 5.48. The van der Waals surface area contributed by atoms with Crippen LogP contribution in [0.2, 0.25) is 0 Å². The van der Waals surface area contributed by atoms with Gasteiger partial charge < -0.3 is 10.7 Å². The van der Waals surface area contributed by atoms with Gasteiger partial charge >= 0.3 is 0 Å². The highest BCUT2D eigenvalue weighted by atomic mass is 14.9. The zero-order chi connectivity index (χ0) is 6.95. The maximum Gasteiger partial charge on any atom is -0.00489 e. The zero-order valence-corrected chi connectivity index (χ0v) is 6.11. The molecule has 1 aliphatic heterocycles. The molecule has 9 heavy (non-hydrogen) atoms. The lowest BCUT2D eigenvalue weighted by atomic mass is 10.2. The molecule has 0 unspecified atom stereocenters. The van der Waals surface area contributed by atoms with Crippen molar-refractivity contribution < 1.29 is 0 Å². The third kappa shape index (κ3) is 7.63. The third-order valence-electron chi connectivity index (χ3n) is 1.21. The topological polar surface area (TPSA) is 35.9 Å². The second kappa shape index (κ2) is 7.63. The summed E-state index contributed by atoms with van der Waals surface area (Å²) in [6, 6.07) is 0. The number of nitrogens with one attached hydrogen (secondary N) is 2. The van der Waals surface area contributed by atoms with Gasteiger partial charge in [-0.25, -0.2) is 0 Å². The minimum atomic E-state index is 1.25. The molecule has 0 aromatic carbocycles. The number of piperidine rings is 1. The van der Waals surface area contributed by atoms with Crippen LogP contribution in [-0.4, -0.2) is 19.3 Å². The van der Waals surface area contributed by atoms with Crippen molar-refractivity contribution in [2.24, 2.45) is 0 Å². The van der Waals surface area contributed by atoms with Crippen LogP contribution < -0.4 is 5.32 Å². The molecule has 0 aliphatic carbocycles. The largest absolute Gasteiger partial charge is 0.317 e. The molecule has 2 N–H and O–H groups in total. The summed E-state index contributed by atoms with van der Waals surface area (Å²) in [5.41, 5.74) is 0. The summed E-state index contributed by atoms with van der Waals surface area (Å²) >= 11 is 0. The summed E-state index contributed by atoms with van der Waals surface area (Å²) in [6.07, 6.45) is 5.47. The quantitative estimate of drug-likeness (QED) is 0.475. The molecule has 1 heterocycles. The van der Waals surface area contributed by atoms with E-state index in [9.17, 15) is 0 Å². The molecule has 0 atom stereocenters. The van der Waals surface area contributed by atoms with Gasteiger partial charge in [0, 0.05) is 0 Å². The van der Waals surface area contributed by atoms with Gasteiger partial charge in [0.25, 0.3) is 0 Å². The van der Waals surface area contributed by atoms with Gasteiger partial charge in [-0.1, -0.05) is 6.42 Å². The Hall–Kier alpha value is -0.370. The van der Waals surface area contributed by atoms with E-state index in [1.54, 1.807) is 6.92 Å². The Balaban J connectivity index is 0.000000187. The van der Waals surface area contributed by atoms with E-state index < -0.39 is 0 Å². The molecule has 54 valence electrons. The zero-order valence-electron chi connectivity index (χ0n) is 6.11. The van der Waals surface area contributed by atoms with Crippen molar-refractivity contribution in [1.29, 1.82) is 5.41 Å². The Bertz CT molecular complexity index is 46.4. The molecule has 1 fully saturated rings. The van der Waals surface area contributed by atoms with Gasteiger partial charge in [-0.3, -0.25) is 0 Å². The van der Waals surface area contributed by atoms with E-state index >= 15 is 0 Å². The second-order valence-corrected chi connectivity index (χ2v) is 2.10. The van der Waals surface area contributed by atoms with Crippen LogP contribution >= 0.6 is 0 Å². The number of hydrogen-bond donors (Lipinski definition) is 2. The van der Waals surface area contributed by atoms with Gasteiger partial charge in [0.1, 0.15) is 0 Å². The lowest BCUT2D eigenvalue weighted by Crippen LogP contribution is -2.21. The fourth-order valence-electron chi connectivity index (χ4n) is 0.802. The summed E-state index contributed by atoms with van der Waals surface area (Å²) in [5.74, 6) is 0. The molecule has 0 saturated carbocycles. The summed E-state index contributed by atoms with van der Waals surface area (Å²) in [5, 5.41) is 9.37. The average molecular weight is 128 g/mol. The minimum Gasteiger partial charge on any atom is -0.317 e. The molecule has 0 amide bonds. The Labute approximate surface area is 57.2 Å². The first-order valence-corrected chi connectivity index (χ1v) is 3.57. The molecule has 0 aromatic rings. The van der Waals surface area contributed by atoms with Gasteiger partial charge in [-0.2, -0.15) is 0 Å². The van der Waals surface area contributed by atoms with Crippen LogP contribution in [0.15, 0.2) is 0 Å². The van der Waals surface area contributed by atoms with E-state index in [4.69, 9.17) is 5.41 Å². The van der Waals surface area contributed by atoms with E-state index in [0.717, 1.165) is 0 Å². The van der Waals surface area contributed by atoms with Gasteiger partial charge in [0.05, 0.1) is 0 Å². The predicted octanol–water partition coefficient (Wildman–Crippen LogP) is 1.42. The van der Waals surface area contributed by atoms with Crippen LogP contribution in [0.5, 0.6) is 0 Å². The summed E-state index contributed by atoms with van der Waals surface area (Å²) in [6.45, 7) is 4.17. The third-order valence-corrected chi connectivity index (χ3v) is 1.21. The van der Waals surface area contributed by atoms with Crippen LogP contribution in [0.3, 0.4) is 0 Å². The van der Waals surface area contributed by atoms with E-state index in [2.05, 4.69) is 5.32 Å². The standard InChI is InChI=1S/C5H11N.C2H5N/c1-2-4-6-5-3-1;1-2-3/h6H,1-5H2;2-3H,1H3. The van der Waals surface area contributed by atoms with Gasteiger partial charge in [-0.05, 0) is 39.1 Å². The lowest BCUT2D eigenvalue weighted by molar-refractivity contribution is 0.520. The molecule has 0 bridgehead atoms. The van der Waals surface area contributed by atoms with Crippen LogP contribution in [0.4, 0.5) is 0 Å². The van der Waals surface area contributed by atoms with Gasteiger partial charge in [0.2, 0.25) is 0 Å². The van der Waals surface area contributed by atoms with E-state index in [-0.39, 0.29) is 0 Å². The van der Waals surface area contributed by atoms with Crippen molar-refractivity contribution in [3.63, 3.8) is 0 Å². The summed E-state index contributed by atoms with van der Waals surface area (Å²) in [7, 11) is 0. The highest BCUT2D eigenvalue weighted by Gasteiger charge is 1.93. The molecule has 1 rings (SSSR count). The SMILES string of the molecule is C1CCNCC1.CC=N. The normalized spacial score (nSPS) is 17.4. The van der Waals surface area contributed by atoms with Crippen LogP contribution in [0.25, 0.3) is 0 Å². The predicted molar refractivity (Wildman–Crippen MR) is 41.2 cm³/mol. The van der Waals surface area contributed by atoms with Crippen LogP contribution in [0.1, 0.15) is 26.2 Å². The smallest absolute Gasteiger partial charge is 0.00489 e. The Morgan fingerprint density at radius 1 is 1.22 bits per heavy atom. The summed E-state index contributed by atoms with van der Waals surface area (Å²) in [4.78, 5) is 0. The second-order valence-electron chi connectivity index (χ2n) is 2.10. The fraction of sp³-hybridized carbons (Fsp3) is 0.857. The monoisotopic (exact) mass is 128 g/mol. The molecule has 0 aromatic heterocycles. The van der Waals surface area contributed by atoms with Crippen molar-refractivity contribution in [2.75, 3.05) is 13.1 Å². The molecular weight excluding hydrogens is 112 g/mol. The van der Waals surface area contributed by atoms with Crippen molar-refractivity contribution in [3.05, 3.63) is 0 Å². The van der Waals surface area contributed by atoms with E-state index in [1.807, 2.05) is 0 Å². The molecule has 1 saturated heterocycles. The maximum atomic E-state index is 6.08. The first-order chi connectivity index (χ1) is 4.41. The first kappa shape index (κ1) is 8.63. The molecule has 2 nitrogen and oxygen atoms in total. The van der Waals surface area contributed by atoms with E-state index in [0.29, 0.717) is 0 Å². The van der Waals surface area contributed by atoms with Crippen molar-refractivity contribution >= 4 is 6.21 Å².